The highest BCUT2D eigenvalue weighted by atomic mass is 15.2. The molecule has 1 heterocycles. The van der Waals surface area contributed by atoms with Crippen LogP contribution in [0.25, 0.3) is 0 Å². The summed E-state index contributed by atoms with van der Waals surface area (Å²) in [7, 11) is 0. The molecule has 3 nitrogen and oxygen atoms in total. The second-order valence-corrected chi connectivity index (χ2v) is 5.85. The van der Waals surface area contributed by atoms with Crippen LogP contribution in [-0.4, -0.2) is 16.4 Å². The lowest BCUT2D eigenvalue weighted by atomic mass is 10.1. The van der Waals surface area contributed by atoms with E-state index in [2.05, 4.69) is 41.1 Å². The summed E-state index contributed by atoms with van der Waals surface area (Å²) in [6.45, 7) is 6.22. The lowest BCUT2D eigenvalue weighted by molar-refractivity contribution is 0.196. The zero-order chi connectivity index (χ0) is 14.8. The van der Waals surface area contributed by atoms with Crippen LogP contribution in [0.4, 0.5) is 5.69 Å². The Hall–Kier alpha value is -1.87. The zero-order valence-corrected chi connectivity index (χ0v) is 12.8. The van der Waals surface area contributed by atoms with Crippen molar-refractivity contribution < 1.29 is 0 Å². The Kier molecular flexibility index (Phi) is 3.93. The molecule has 0 amide bonds. The fourth-order valence-corrected chi connectivity index (χ4v) is 3.33. The maximum Gasteiger partial charge on any atom is 0.0547 e. The molecule has 3 rings (SSSR count). The van der Waals surface area contributed by atoms with Crippen molar-refractivity contribution in [2.24, 2.45) is 0 Å². The van der Waals surface area contributed by atoms with E-state index < -0.39 is 0 Å². The van der Waals surface area contributed by atoms with Crippen molar-refractivity contribution in [1.29, 1.82) is 0 Å². The second kappa shape index (κ2) is 5.86. The summed E-state index contributed by atoms with van der Waals surface area (Å²) in [5.74, 6) is 0. The molecule has 1 unspecified atom stereocenters. The van der Waals surface area contributed by atoms with Crippen molar-refractivity contribution in [3.63, 3.8) is 0 Å². The normalized spacial score (nSPS) is 17.2. The van der Waals surface area contributed by atoms with E-state index in [-0.39, 0.29) is 0 Å². The lowest BCUT2D eigenvalue weighted by Crippen LogP contribution is -2.27. The third-order valence-corrected chi connectivity index (χ3v) is 4.37. The maximum absolute atomic E-state index is 5.90. The summed E-state index contributed by atoms with van der Waals surface area (Å²) in [5, 5.41) is 0. The van der Waals surface area contributed by atoms with Crippen LogP contribution in [0.15, 0.2) is 36.4 Å². The average Bonchev–Trinajstić information content (AvgIpc) is 2.87. The predicted octanol–water partition coefficient (Wildman–Crippen LogP) is 3.48. The van der Waals surface area contributed by atoms with Gasteiger partial charge in [0, 0.05) is 24.0 Å². The molecule has 1 atom stereocenters. The van der Waals surface area contributed by atoms with Gasteiger partial charge in [-0.3, -0.25) is 9.88 Å². The number of hydrogen-bond donors (Lipinski definition) is 1. The molecule has 21 heavy (non-hydrogen) atoms. The number of hydrogen-bond acceptors (Lipinski definition) is 3. The van der Waals surface area contributed by atoms with Gasteiger partial charge in [-0.15, -0.1) is 0 Å². The van der Waals surface area contributed by atoms with Crippen LogP contribution in [0.3, 0.4) is 0 Å². The van der Waals surface area contributed by atoms with Crippen LogP contribution in [0.5, 0.6) is 0 Å². The van der Waals surface area contributed by atoms with E-state index in [1.807, 2.05) is 19.1 Å². The number of rotatable bonds is 4. The molecule has 2 aromatic rings. The van der Waals surface area contributed by atoms with E-state index in [4.69, 9.17) is 5.73 Å². The largest absolute Gasteiger partial charge is 0.399 e. The van der Waals surface area contributed by atoms with E-state index >= 15 is 0 Å². The van der Waals surface area contributed by atoms with Crippen molar-refractivity contribution >= 4 is 5.69 Å². The quantitative estimate of drug-likeness (QED) is 0.872. The highest BCUT2D eigenvalue weighted by molar-refractivity contribution is 5.47. The highest BCUT2D eigenvalue weighted by Gasteiger charge is 2.27. The molecule has 1 aliphatic rings. The van der Waals surface area contributed by atoms with E-state index in [0.717, 1.165) is 36.6 Å². The minimum atomic E-state index is 0.493. The molecule has 0 radical (unpaired) electrons. The van der Waals surface area contributed by atoms with E-state index in [0.29, 0.717) is 6.04 Å². The summed E-state index contributed by atoms with van der Waals surface area (Å²) in [6.07, 6.45) is 2.31. The van der Waals surface area contributed by atoms with E-state index in [1.54, 1.807) is 0 Å². The molecule has 0 aliphatic heterocycles. The summed E-state index contributed by atoms with van der Waals surface area (Å²) in [5.41, 5.74) is 11.9. The molecule has 2 N–H and O–H groups in total. The van der Waals surface area contributed by atoms with Gasteiger partial charge < -0.3 is 5.73 Å². The first-order valence-electron chi connectivity index (χ1n) is 7.72. The van der Waals surface area contributed by atoms with Crippen LogP contribution >= 0.6 is 0 Å². The summed E-state index contributed by atoms with van der Waals surface area (Å²) in [6, 6.07) is 13.1. The number of nitrogens with zero attached hydrogens (tertiary/aromatic N) is 2. The predicted molar refractivity (Wildman–Crippen MR) is 87.0 cm³/mol. The van der Waals surface area contributed by atoms with Crippen molar-refractivity contribution in [3.05, 3.63) is 58.9 Å². The number of benzene rings is 1. The molecule has 1 aliphatic carbocycles. The fraction of sp³-hybridized carbons (Fsp3) is 0.389. The monoisotopic (exact) mass is 281 g/mol. The van der Waals surface area contributed by atoms with Crippen LogP contribution in [0, 0.1) is 6.92 Å². The van der Waals surface area contributed by atoms with Crippen molar-refractivity contribution in [1.82, 2.24) is 9.88 Å². The summed E-state index contributed by atoms with van der Waals surface area (Å²) < 4.78 is 0. The molecule has 0 spiro atoms. The fourth-order valence-electron chi connectivity index (χ4n) is 3.33. The second-order valence-electron chi connectivity index (χ2n) is 5.85. The Morgan fingerprint density at radius 1 is 1.29 bits per heavy atom. The summed E-state index contributed by atoms with van der Waals surface area (Å²) >= 11 is 0. The molecule has 0 saturated carbocycles. The van der Waals surface area contributed by atoms with Gasteiger partial charge in [-0.05, 0) is 61.7 Å². The number of aromatic nitrogens is 1. The molecule has 3 heteroatoms. The van der Waals surface area contributed by atoms with E-state index in [1.165, 1.54) is 17.5 Å². The first-order chi connectivity index (χ1) is 10.2. The van der Waals surface area contributed by atoms with E-state index in [9.17, 15) is 0 Å². The molecule has 0 saturated heterocycles. The number of nitrogen functional groups attached to an aromatic ring is 1. The van der Waals surface area contributed by atoms with Crippen LogP contribution in [0.1, 0.15) is 41.9 Å². The minimum Gasteiger partial charge on any atom is -0.399 e. The van der Waals surface area contributed by atoms with Crippen LogP contribution in [0.2, 0.25) is 0 Å². The Morgan fingerprint density at radius 2 is 2.14 bits per heavy atom. The lowest BCUT2D eigenvalue weighted by Gasteiger charge is -2.28. The standard InChI is InChI=1S/C18H23N3/c1-3-21(12-16-6-4-5-13(2)20-16)18-10-7-14-11-15(19)8-9-17(14)18/h4-6,8-9,11,18H,3,7,10,12,19H2,1-2H3. The van der Waals surface area contributed by atoms with Gasteiger partial charge in [-0.1, -0.05) is 19.1 Å². The van der Waals surface area contributed by atoms with Gasteiger partial charge in [0.15, 0.2) is 0 Å². The Labute approximate surface area is 126 Å². The molecular weight excluding hydrogens is 258 g/mol. The van der Waals surface area contributed by atoms with Gasteiger partial charge in [0.1, 0.15) is 0 Å². The Bertz CT molecular complexity index is 636. The smallest absolute Gasteiger partial charge is 0.0547 e. The van der Waals surface area contributed by atoms with Crippen molar-refractivity contribution in [2.75, 3.05) is 12.3 Å². The van der Waals surface area contributed by atoms with Gasteiger partial charge in [0.25, 0.3) is 0 Å². The van der Waals surface area contributed by atoms with Crippen molar-refractivity contribution in [3.8, 4) is 0 Å². The third kappa shape index (κ3) is 2.93. The first-order valence-corrected chi connectivity index (χ1v) is 7.72. The van der Waals surface area contributed by atoms with Gasteiger partial charge >= 0.3 is 0 Å². The molecule has 110 valence electrons. The molecule has 0 bridgehead atoms. The topological polar surface area (TPSA) is 42.2 Å². The number of aryl methyl sites for hydroxylation is 2. The van der Waals surface area contributed by atoms with Crippen LogP contribution < -0.4 is 5.73 Å². The number of pyridine rings is 1. The summed E-state index contributed by atoms with van der Waals surface area (Å²) in [4.78, 5) is 7.16. The first kappa shape index (κ1) is 14.1. The highest BCUT2D eigenvalue weighted by Crippen LogP contribution is 2.37. The molecule has 1 aromatic carbocycles. The average molecular weight is 281 g/mol. The van der Waals surface area contributed by atoms with Crippen LogP contribution in [-0.2, 0) is 13.0 Å². The SMILES string of the molecule is CCN(Cc1cccc(C)n1)C1CCc2cc(N)ccc21. The van der Waals surface area contributed by atoms with Gasteiger partial charge in [-0.25, -0.2) is 0 Å². The molecular formula is C18H23N3. The molecule has 0 fully saturated rings. The van der Waals surface area contributed by atoms with Crippen molar-refractivity contribution in [2.45, 2.75) is 39.3 Å². The third-order valence-electron chi connectivity index (χ3n) is 4.37. The number of fused-ring (bicyclic) bond motifs is 1. The zero-order valence-electron chi connectivity index (χ0n) is 12.8. The minimum absolute atomic E-state index is 0.493. The molecule has 1 aromatic heterocycles. The number of anilines is 1. The Balaban J connectivity index is 1.82. The van der Waals surface area contributed by atoms with Gasteiger partial charge in [-0.2, -0.15) is 0 Å². The van der Waals surface area contributed by atoms with Gasteiger partial charge in [0.05, 0.1) is 5.69 Å². The number of nitrogens with two attached hydrogens (primary N) is 1. The maximum atomic E-state index is 5.90. The Morgan fingerprint density at radius 3 is 2.90 bits per heavy atom. The van der Waals surface area contributed by atoms with Gasteiger partial charge in [0.2, 0.25) is 0 Å².